The zero-order valence-electron chi connectivity index (χ0n) is 12.7. The van der Waals surface area contributed by atoms with Gasteiger partial charge in [-0.2, -0.15) is 5.10 Å². The molecule has 0 saturated carbocycles. The summed E-state index contributed by atoms with van der Waals surface area (Å²) >= 11 is 11.8. The highest BCUT2D eigenvalue weighted by atomic mass is 35.5. The van der Waals surface area contributed by atoms with Gasteiger partial charge >= 0.3 is 0 Å². The van der Waals surface area contributed by atoms with Crippen molar-refractivity contribution in [3.8, 4) is 0 Å². The van der Waals surface area contributed by atoms with Crippen molar-refractivity contribution in [2.45, 2.75) is 13.1 Å². The zero-order valence-corrected chi connectivity index (χ0v) is 14.3. The molecule has 0 aliphatic rings. The molecular weight excluding hydrogens is 345 g/mol. The summed E-state index contributed by atoms with van der Waals surface area (Å²) < 4.78 is 1.85. The first-order valence-electron chi connectivity index (χ1n) is 7.41. The molecule has 0 fully saturated rings. The number of carbonyl (C=O) groups excluding carboxylic acids is 1. The van der Waals surface area contributed by atoms with Crippen molar-refractivity contribution in [2.24, 2.45) is 0 Å². The van der Waals surface area contributed by atoms with Gasteiger partial charge in [0.15, 0.2) is 0 Å². The number of rotatable bonds is 5. The smallest absolute Gasteiger partial charge is 0.251 e. The lowest BCUT2D eigenvalue weighted by atomic mass is 10.1. The van der Waals surface area contributed by atoms with Gasteiger partial charge in [-0.05, 0) is 35.4 Å². The Hall–Kier alpha value is -2.30. The van der Waals surface area contributed by atoms with Crippen molar-refractivity contribution in [3.05, 3.63) is 87.7 Å². The fourth-order valence-electron chi connectivity index (χ4n) is 2.37. The first kappa shape index (κ1) is 16.6. The Balaban J connectivity index is 1.70. The number of hydrogen-bond donors (Lipinski definition) is 1. The van der Waals surface area contributed by atoms with E-state index < -0.39 is 0 Å². The maximum atomic E-state index is 12.3. The van der Waals surface area contributed by atoms with E-state index in [-0.39, 0.29) is 5.91 Å². The van der Waals surface area contributed by atoms with Crippen molar-refractivity contribution in [1.82, 2.24) is 15.1 Å². The molecule has 1 aromatic heterocycles. The first-order valence-corrected chi connectivity index (χ1v) is 8.16. The van der Waals surface area contributed by atoms with E-state index in [1.54, 1.807) is 24.4 Å². The maximum absolute atomic E-state index is 12.3. The molecule has 0 radical (unpaired) electrons. The van der Waals surface area contributed by atoms with Crippen LogP contribution >= 0.6 is 23.2 Å². The molecular formula is C18H15Cl2N3O. The van der Waals surface area contributed by atoms with E-state index in [4.69, 9.17) is 23.2 Å². The highest BCUT2D eigenvalue weighted by Crippen LogP contribution is 2.22. The molecule has 3 aromatic rings. The molecule has 0 unspecified atom stereocenters. The molecule has 1 amide bonds. The molecule has 1 N–H and O–H groups in total. The molecule has 0 spiro atoms. The minimum Gasteiger partial charge on any atom is -0.348 e. The zero-order chi connectivity index (χ0) is 16.9. The van der Waals surface area contributed by atoms with Gasteiger partial charge in [-0.1, -0.05) is 47.5 Å². The Labute approximate surface area is 150 Å². The molecule has 0 aliphatic carbocycles. The summed E-state index contributed by atoms with van der Waals surface area (Å²) in [5.41, 5.74) is 2.63. The quantitative estimate of drug-likeness (QED) is 0.742. The van der Waals surface area contributed by atoms with Gasteiger partial charge in [-0.25, -0.2) is 0 Å². The standard InChI is InChI=1S/C18H15Cl2N3O/c19-16-7-6-13(10-17(16)20)18(24)21-11-14-4-1-2-5-15(14)12-23-9-3-8-22-23/h1-10H,11-12H2,(H,21,24). The van der Waals surface area contributed by atoms with Gasteiger partial charge in [-0.3, -0.25) is 9.48 Å². The van der Waals surface area contributed by atoms with Crippen molar-refractivity contribution in [1.29, 1.82) is 0 Å². The Morgan fingerprint density at radius 2 is 1.83 bits per heavy atom. The van der Waals surface area contributed by atoms with Gasteiger partial charge in [-0.15, -0.1) is 0 Å². The van der Waals surface area contributed by atoms with Crippen LogP contribution in [0.3, 0.4) is 0 Å². The Bertz CT molecular complexity index is 847. The Morgan fingerprint density at radius 3 is 2.54 bits per heavy atom. The molecule has 2 aromatic carbocycles. The van der Waals surface area contributed by atoms with Crippen molar-refractivity contribution in [2.75, 3.05) is 0 Å². The van der Waals surface area contributed by atoms with Gasteiger partial charge in [0.2, 0.25) is 0 Å². The number of hydrogen-bond acceptors (Lipinski definition) is 2. The highest BCUT2D eigenvalue weighted by Gasteiger charge is 2.09. The summed E-state index contributed by atoms with van der Waals surface area (Å²) in [4.78, 5) is 12.3. The minimum atomic E-state index is -0.192. The van der Waals surface area contributed by atoms with Crippen LogP contribution in [0.2, 0.25) is 10.0 Å². The van der Waals surface area contributed by atoms with Crippen LogP contribution in [0.25, 0.3) is 0 Å². The predicted octanol–water partition coefficient (Wildman–Crippen LogP) is 4.17. The second-order valence-electron chi connectivity index (χ2n) is 5.28. The van der Waals surface area contributed by atoms with Gasteiger partial charge in [0, 0.05) is 24.5 Å². The second kappa shape index (κ2) is 7.51. The molecule has 0 aliphatic heterocycles. The Morgan fingerprint density at radius 1 is 1.04 bits per heavy atom. The molecule has 0 bridgehead atoms. The van der Waals surface area contributed by atoms with E-state index in [1.165, 1.54) is 0 Å². The monoisotopic (exact) mass is 359 g/mol. The van der Waals surface area contributed by atoms with Crippen LogP contribution in [0.5, 0.6) is 0 Å². The normalized spacial score (nSPS) is 10.6. The summed E-state index contributed by atoms with van der Waals surface area (Å²) in [6.07, 6.45) is 3.65. The van der Waals surface area contributed by atoms with Crippen LogP contribution in [0.1, 0.15) is 21.5 Å². The number of aromatic nitrogens is 2. The van der Waals surface area contributed by atoms with Gasteiger partial charge < -0.3 is 5.32 Å². The molecule has 0 atom stereocenters. The first-order chi connectivity index (χ1) is 11.6. The number of nitrogens with zero attached hydrogens (tertiary/aromatic N) is 2. The largest absolute Gasteiger partial charge is 0.348 e. The fourth-order valence-corrected chi connectivity index (χ4v) is 2.67. The third-order valence-corrected chi connectivity index (χ3v) is 4.37. The van der Waals surface area contributed by atoms with Crippen LogP contribution < -0.4 is 5.32 Å². The predicted molar refractivity (Wildman–Crippen MR) is 95.4 cm³/mol. The van der Waals surface area contributed by atoms with E-state index in [9.17, 15) is 4.79 Å². The summed E-state index contributed by atoms with van der Waals surface area (Å²) in [6, 6.07) is 14.7. The molecule has 1 heterocycles. The van der Waals surface area contributed by atoms with E-state index in [0.29, 0.717) is 28.7 Å². The minimum absolute atomic E-state index is 0.192. The number of nitrogens with one attached hydrogen (secondary N) is 1. The van der Waals surface area contributed by atoms with Gasteiger partial charge in [0.1, 0.15) is 0 Å². The average molecular weight is 360 g/mol. The van der Waals surface area contributed by atoms with Crippen molar-refractivity contribution in [3.63, 3.8) is 0 Å². The van der Waals surface area contributed by atoms with Crippen LogP contribution in [-0.2, 0) is 13.1 Å². The van der Waals surface area contributed by atoms with Gasteiger partial charge in [0.25, 0.3) is 5.91 Å². The van der Waals surface area contributed by atoms with E-state index in [1.807, 2.05) is 41.2 Å². The molecule has 0 saturated heterocycles. The fraction of sp³-hybridized carbons (Fsp3) is 0.111. The van der Waals surface area contributed by atoms with Gasteiger partial charge in [0.05, 0.1) is 16.6 Å². The topological polar surface area (TPSA) is 46.9 Å². The second-order valence-corrected chi connectivity index (χ2v) is 6.10. The van der Waals surface area contributed by atoms with E-state index in [0.717, 1.165) is 11.1 Å². The summed E-state index contributed by atoms with van der Waals surface area (Å²) in [5, 5.41) is 7.92. The maximum Gasteiger partial charge on any atom is 0.251 e. The third kappa shape index (κ3) is 3.96. The van der Waals surface area contributed by atoms with Crippen LogP contribution in [-0.4, -0.2) is 15.7 Å². The molecule has 122 valence electrons. The lowest BCUT2D eigenvalue weighted by Crippen LogP contribution is -2.23. The summed E-state index contributed by atoms with van der Waals surface area (Å²) in [6.45, 7) is 1.09. The van der Waals surface area contributed by atoms with Crippen LogP contribution in [0, 0.1) is 0 Å². The average Bonchev–Trinajstić information content (AvgIpc) is 3.09. The molecule has 24 heavy (non-hydrogen) atoms. The number of amides is 1. The van der Waals surface area contributed by atoms with Crippen molar-refractivity contribution >= 4 is 29.1 Å². The SMILES string of the molecule is O=C(NCc1ccccc1Cn1cccn1)c1ccc(Cl)c(Cl)c1. The molecule has 6 heteroatoms. The molecule has 3 rings (SSSR count). The lowest BCUT2D eigenvalue weighted by molar-refractivity contribution is 0.0951. The van der Waals surface area contributed by atoms with E-state index >= 15 is 0 Å². The number of carbonyl (C=O) groups is 1. The lowest BCUT2D eigenvalue weighted by Gasteiger charge is -2.11. The van der Waals surface area contributed by atoms with Crippen LogP contribution in [0.4, 0.5) is 0 Å². The third-order valence-electron chi connectivity index (χ3n) is 3.63. The van der Waals surface area contributed by atoms with Crippen molar-refractivity contribution < 1.29 is 4.79 Å². The van der Waals surface area contributed by atoms with E-state index in [2.05, 4.69) is 10.4 Å². The van der Waals surface area contributed by atoms with Crippen LogP contribution in [0.15, 0.2) is 60.9 Å². The number of halogens is 2. The molecule has 4 nitrogen and oxygen atoms in total. The highest BCUT2D eigenvalue weighted by molar-refractivity contribution is 6.42. The number of benzene rings is 2. The summed E-state index contributed by atoms with van der Waals surface area (Å²) in [7, 11) is 0. The summed E-state index contributed by atoms with van der Waals surface area (Å²) in [5.74, 6) is -0.192. The Kier molecular flexibility index (Phi) is 5.18.